The third-order valence-electron chi connectivity index (χ3n) is 4.40. The average Bonchev–Trinajstić information content (AvgIpc) is 2.60. The first-order valence-electron chi connectivity index (χ1n) is 7.46. The molecular weight excluding hydrogens is 208 g/mol. The van der Waals surface area contributed by atoms with Gasteiger partial charge in [-0.3, -0.25) is 4.79 Å². The van der Waals surface area contributed by atoms with Crippen LogP contribution in [-0.2, 0) is 4.79 Å². The lowest BCUT2D eigenvalue weighted by molar-refractivity contribution is -0.115. The van der Waals surface area contributed by atoms with Crippen LogP contribution in [0.4, 0.5) is 0 Å². The van der Waals surface area contributed by atoms with Crippen LogP contribution in [0.5, 0.6) is 0 Å². The first kappa shape index (κ1) is 12.9. The highest BCUT2D eigenvalue weighted by atomic mass is 16.1. The van der Waals surface area contributed by atoms with Gasteiger partial charge in [0.2, 0.25) is 0 Å². The van der Waals surface area contributed by atoms with Crippen molar-refractivity contribution in [1.82, 2.24) is 0 Å². The van der Waals surface area contributed by atoms with Crippen LogP contribution in [0.3, 0.4) is 0 Å². The molecule has 1 saturated carbocycles. The van der Waals surface area contributed by atoms with Gasteiger partial charge in [0, 0.05) is 6.42 Å². The van der Waals surface area contributed by atoms with E-state index in [-0.39, 0.29) is 0 Å². The molecule has 0 bridgehead atoms. The maximum absolute atomic E-state index is 12.1. The van der Waals surface area contributed by atoms with Crippen LogP contribution in [0, 0.1) is 11.8 Å². The lowest BCUT2D eigenvalue weighted by Crippen LogP contribution is -2.04. The van der Waals surface area contributed by atoms with Crippen LogP contribution in [0.25, 0.3) is 0 Å². The van der Waals surface area contributed by atoms with E-state index in [0.29, 0.717) is 17.6 Å². The van der Waals surface area contributed by atoms with Crippen molar-refractivity contribution in [3.05, 3.63) is 11.1 Å². The van der Waals surface area contributed by atoms with E-state index in [1.807, 2.05) is 0 Å². The van der Waals surface area contributed by atoms with Crippen molar-refractivity contribution in [2.24, 2.45) is 11.8 Å². The van der Waals surface area contributed by atoms with Gasteiger partial charge in [-0.25, -0.2) is 0 Å². The standard InChI is InChI=1S/C16H26O/c1-12(2)16-14-10-8-6-4-3-5-7-9-13(14)11-15(16)17/h12-13H,3-11H2,1-2H3. The molecule has 0 heterocycles. The quantitative estimate of drug-likeness (QED) is 0.644. The molecule has 2 rings (SSSR count). The van der Waals surface area contributed by atoms with Crippen molar-refractivity contribution < 1.29 is 4.79 Å². The second kappa shape index (κ2) is 5.84. The molecule has 0 aliphatic heterocycles. The summed E-state index contributed by atoms with van der Waals surface area (Å²) in [6, 6.07) is 0. The van der Waals surface area contributed by atoms with Crippen molar-refractivity contribution >= 4 is 5.78 Å². The van der Waals surface area contributed by atoms with Crippen LogP contribution >= 0.6 is 0 Å². The molecule has 0 aromatic rings. The van der Waals surface area contributed by atoms with Crippen LogP contribution in [0.2, 0.25) is 0 Å². The molecule has 0 amide bonds. The van der Waals surface area contributed by atoms with E-state index in [1.165, 1.54) is 56.9 Å². The lowest BCUT2D eigenvalue weighted by atomic mass is 9.87. The molecule has 0 spiro atoms. The summed E-state index contributed by atoms with van der Waals surface area (Å²) in [6.07, 6.45) is 11.4. The Kier molecular flexibility index (Phi) is 4.42. The van der Waals surface area contributed by atoms with Gasteiger partial charge < -0.3 is 0 Å². The summed E-state index contributed by atoms with van der Waals surface area (Å²) in [7, 11) is 0. The fraction of sp³-hybridized carbons (Fsp3) is 0.812. The Morgan fingerprint density at radius 3 is 2.35 bits per heavy atom. The molecule has 96 valence electrons. The molecule has 0 saturated heterocycles. The van der Waals surface area contributed by atoms with Gasteiger partial charge in [-0.1, -0.05) is 51.5 Å². The summed E-state index contributed by atoms with van der Waals surface area (Å²) in [6.45, 7) is 4.36. The van der Waals surface area contributed by atoms with Gasteiger partial charge >= 0.3 is 0 Å². The predicted octanol–water partition coefficient (Wildman–Crippen LogP) is 4.66. The minimum Gasteiger partial charge on any atom is -0.295 e. The molecule has 1 unspecified atom stereocenters. The van der Waals surface area contributed by atoms with Crippen molar-refractivity contribution in [1.29, 1.82) is 0 Å². The van der Waals surface area contributed by atoms with Crippen LogP contribution < -0.4 is 0 Å². The Balaban J connectivity index is 2.17. The van der Waals surface area contributed by atoms with Gasteiger partial charge in [-0.05, 0) is 36.7 Å². The zero-order chi connectivity index (χ0) is 12.3. The fourth-order valence-electron chi connectivity index (χ4n) is 3.58. The van der Waals surface area contributed by atoms with Crippen LogP contribution in [0.15, 0.2) is 11.1 Å². The molecule has 0 aromatic heterocycles. The predicted molar refractivity (Wildman–Crippen MR) is 71.9 cm³/mol. The maximum atomic E-state index is 12.1. The fourth-order valence-corrected chi connectivity index (χ4v) is 3.58. The molecule has 2 aliphatic carbocycles. The van der Waals surface area contributed by atoms with E-state index in [9.17, 15) is 4.79 Å². The average molecular weight is 234 g/mol. The van der Waals surface area contributed by atoms with E-state index >= 15 is 0 Å². The minimum absolute atomic E-state index is 0.436. The molecule has 0 N–H and O–H groups in total. The monoisotopic (exact) mass is 234 g/mol. The number of rotatable bonds is 1. The van der Waals surface area contributed by atoms with Gasteiger partial charge in [0.25, 0.3) is 0 Å². The Morgan fingerprint density at radius 1 is 1.00 bits per heavy atom. The molecule has 1 nitrogen and oxygen atoms in total. The Labute approximate surface area is 106 Å². The number of Topliss-reactive ketones (excluding diaryl/α,β-unsaturated/α-hetero) is 1. The molecule has 1 atom stereocenters. The lowest BCUT2D eigenvalue weighted by Gasteiger charge is -2.18. The molecular formula is C16H26O. The largest absolute Gasteiger partial charge is 0.295 e. The van der Waals surface area contributed by atoms with Gasteiger partial charge in [-0.2, -0.15) is 0 Å². The maximum Gasteiger partial charge on any atom is 0.159 e. The normalized spacial score (nSPS) is 27.5. The minimum atomic E-state index is 0.436. The van der Waals surface area contributed by atoms with Gasteiger partial charge in [-0.15, -0.1) is 0 Å². The first-order chi connectivity index (χ1) is 8.20. The molecule has 1 heteroatoms. The smallest absolute Gasteiger partial charge is 0.159 e. The summed E-state index contributed by atoms with van der Waals surface area (Å²) in [5.41, 5.74) is 2.75. The van der Waals surface area contributed by atoms with Gasteiger partial charge in [0.1, 0.15) is 0 Å². The third kappa shape index (κ3) is 3.00. The van der Waals surface area contributed by atoms with Crippen molar-refractivity contribution in [2.75, 3.05) is 0 Å². The highest BCUT2D eigenvalue weighted by Gasteiger charge is 2.32. The van der Waals surface area contributed by atoms with Crippen molar-refractivity contribution in [3.8, 4) is 0 Å². The first-order valence-corrected chi connectivity index (χ1v) is 7.46. The van der Waals surface area contributed by atoms with E-state index in [2.05, 4.69) is 13.8 Å². The number of fused-ring (bicyclic) bond motifs is 1. The summed E-state index contributed by atoms with van der Waals surface area (Å²) < 4.78 is 0. The van der Waals surface area contributed by atoms with E-state index in [0.717, 1.165) is 6.42 Å². The van der Waals surface area contributed by atoms with E-state index < -0.39 is 0 Å². The Bertz CT molecular complexity index is 311. The Hall–Kier alpha value is -0.590. The van der Waals surface area contributed by atoms with Gasteiger partial charge in [0.15, 0.2) is 5.78 Å². The third-order valence-corrected chi connectivity index (χ3v) is 4.40. The van der Waals surface area contributed by atoms with Crippen LogP contribution in [0.1, 0.15) is 71.6 Å². The number of hydrogen-bond acceptors (Lipinski definition) is 1. The number of ketones is 1. The van der Waals surface area contributed by atoms with Crippen molar-refractivity contribution in [2.45, 2.75) is 71.6 Å². The molecule has 1 fully saturated rings. The second-order valence-electron chi connectivity index (χ2n) is 6.08. The second-order valence-corrected chi connectivity index (χ2v) is 6.08. The highest BCUT2D eigenvalue weighted by Crippen LogP contribution is 2.39. The molecule has 17 heavy (non-hydrogen) atoms. The van der Waals surface area contributed by atoms with E-state index in [4.69, 9.17) is 0 Å². The van der Waals surface area contributed by atoms with Crippen molar-refractivity contribution in [3.63, 3.8) is 0 Å². The number of hydrogen-bond donors (Lipinski definition) is 0. The topological polar surface area (TPSA) is 17.1 Å². The summed E-state index contributed by atoms with van der Waals surface area (Å²) in [5.74, 6) is 1.50. The SMILES string of the molecule is CC(C)C1=C2CCCCCCCCC2CC1=O. The highest BCUT2D eigenvalue weighted by molar-refractivity contribution is 5.99. The van der Waals surface area contributed by atoms with Gasteiger partial charge in [0.05, 0.1) is 0 Å². The molecule has 2 aliphatic rings. The zero-order valence-electron chi connectivity index (χ0n) is 11.4. The Morgan fingerprint density at radius 2 is 1.65 bits per heavy atom. The molecule has 0 aromatic carbocycles. The van der Waals surface area contributed by atoms with Crippen LogP contribution in [-0.4, -0.2) is 5.78 Å². The number of carbonyl (C=O) groups excluding carboxylic acids is 1. The van der Waals surface area contributed by atoms with E-state index in [1.54, 1.807) is 5.57 Å². The molecule has 0 radical (unpaired) electrons. The number of allylic oxidation sites excluding steroid dienone is 2. The number of carbonyl (C=O) groups is 1. The summed E-state index contributed by atoms with van der Waals surface area (Å²) in [4.78, 5) is 12.1. The zero-order valence-corrected chi connectivity index (χ0v) is 11.4. The summed E-state index contributed by atoms with van der Waals surface area (Å²) in [5, 5.41) is 0. The summed E-state index contributed by atoms with van der Waals surface area (Å²) >= 11 is 0.